The molecule has 120 valence electrons. The summed E-state index contributed by atoms with van der Waals surface area (Å²) in [5, 5.41) is 3.03. The van der Waals surface area contributed by atoms with E-state index in [0.29, 0.717) is 19.3 Å². The van der Waals surface area contributed by atoms with Gasteiger partial charge >= 0.3 is 0 Å². The van der Waals surface area contributed by atoms with E-state index in [2.05, 4.69) is 19.2 Å². The van der Waals surface area contributed by atoms with Crippen LogP contribution in [0.3, 0.4) is 0 Å². The van der Waals surface area contributed by atoms with Crippen molar-refractivity contribution in [3.63, 3.8) is 0 Å². The topological polar surface area (TPSA) is 49.4 Å². The lowest BCUT2D eigenvalue weighted by molar-refractivity contribution is -0.161. The lowest BCUT2D eigenvalue weighted by atomic mass is 9.80. The summed E-state index contributed by atoms with van der Waals surface area (Å²) >= 11 is 0. The summed E-state index contributed by atoms with van der Waals surface area (Å²) in [5.74, 6) is 0.169. The molecule has 2 atom stereocenters. The highest BCUT2D eigenvalue weighted by Gasteiger charge is 2.53. The molecule has 1 aliphatic heterocycles. The average Bonchev–Trinajstić information content (AvgIpc) is 2.80. The molecule has 2 rings (SSSR count). The first-order valence-corrected chi connectivity index (χ1v) is 8.47. The number of piperazine rings is 1. The van der Waals surface area contributed by atoms with Crippen LogP contribution in [0, 0.1) is 5.41 Å². The van der Waals surface area contributed by atoms with E-state index < -0.39 is 5.54 Å². The normalized spacial score (nSPS) is 31.4. The highest BCUT2D eigenvalue weighted by Crippen LogP contribution is 2.43. The molecule has 2 aliphatic rings. The largest absolute Gasteiger partial charge is 0.340 e. The molecule has 1 N–H and O–H groups in total. The van der Waals surface area contributed by atoms with Crippen molar-refractivity contribution in [2.24, 2.45) is 5.41 Å². The van der Waals surface area contributed by atoms with Crippen molar-refractivity contribution < 1.29 is 9.59 Å². The highest BCUT2D eigenvalue weighted by molar-refractivity contribution is 6.00. The molecule has 4 heteroatoms. The van der Waals surface area contributed by atoms with Gasteiger partial charge in [0.05, 0.1) is 0 Å². The van der Waals surface area contributed by atoms with Crippen molar-refractivity contribution in [1.29, 1.82) is 0 Å². The number of amides is 2. The van der Waals surface area contributed by atoms with Crippen LogP contribution in [0.2, 0.25) is 0 Å². The van der Waals surface area contributed by atoms with Crippen LogP contribution in [-0.2, 0) is 9.59 Å². The third kappa shape index (κ3) is 2.47. The number of nitrogens with zero attached hydrogens (tertiary/aromatic N) is 1. The second-order valence-corrected chi connectivity index (χ2v) is 7.31. The Balaban J connectivity index is 2.42. The molecule has 0 aromatic heterocycles. The van der Waals surface area contributed by atoms with Gasteiger partial charge in [-0.25, -0.2) is 0 Å². The number of rotatable bonds is 4. The van der Waals surface area contributed by atoms with Crippen molar-refractivity contribution in [3.05, 3.63) is 0 Å². The molecule has 2 fully saturated rings. The first kappa shape index (κ1) is 16.3. The Morgan fingerprint density at radius 2 is 1.81 bits per heavy atom. The predicted octanol–water partition coefficient (Wildman–Crippen LogP) is 2.86. The van der Waals surface area contributed by atoms with Gasteiger partial charge < -0.3 is 10.2 Å². The molecule has 0 aromatic rings. The van der Waals surface area contributed by atoms with Crippen molar-refractivity contribution in [3.8, 4) is 0 Å². The smallest absolute Gasteiger partial charge is 0.249 e. The minimum absolute atomic E-state index is 0.0310. The number of nitrogens with one attached hydrogen (secondary N) is 1. The van der Waals surface area contributed by atoms with E-state index in [1.165, 1.54) is 0 Å². The summed E-state index contributed by atoms with van der Waals surface area (Å²) in [7, 11) is 0. The molecule has 0 bridgehead atoms. The highest BCUT2D eigenvalue weighted by atomic mass is 16.2. The van der Waals surface area contributed by atoms with Crippen LogP contribution in [0.25, 0.3) is 0 Å². The molecule has 2 amide bonds. The minimum atomic E-state index is -0.693. The molecule has 0 radical (unpaired) electrons. The molecule has 21 heavy (non-hydrogen) atoms. The van der Waals surface area contributed by atoms with E-state index in [0.717, 1.165) is 19.3 Å². The van der Waals surface area contributed by atoms with Gasteiger partial charge in [-0.1, -0.05) is 41.0 Å². The van der Waals surface area contributed by atoms with Crippen LogP contribution in [0.4, 0.5) is 0 Å². The summed E-state index contributed by atoms with van der Waals surface area (Å²) in [4.78, 5) is 27.7. The van der Waals surface area contributed by atoms with Crippen molar-refractivity contribution >= 4 is 11.8 Å². The van der Waals surface area contributed by atoms with Gasteiger partial charge in [0.2, 0.25) is 11.8 Å². The average molecular weight is 294 g/mol. The van der Waals surface area contributed by atoms with Crippen LogP contribution in [0.5, 0.6) is 0 Å². The van der Waals surface area contributed by atoms with Crippen LogP contribution in [-0.4, -0.2) is 34.3 Å². The summed E-state index contributed by atoms with van der Waals surface area (Å²) in [6, 6.07) is -0.107. The van der Waals surface area contributed by atoms with Gasteiger partial charge in [0, 0.05) is 6.04 Å². The zero-order valence-corrected chi connectivity index (χ0v) is 14.2. The number of carbonyl (C=O) groups excluding carboxylic acids is 2. The van der Waals surface area contributed by atoms with Gasteiger partial charge in [-0.05, 0) is 37.5 Å². The molecular weight excluding hydrogens is 264 g/mol. The van der Waals surface area contributed by atoms with E-state index in [-0.39, 0.29) is 29.3 Å². The summed E-state index contributed by atoms with van der Waals surface area (Å²) < 4.78 is 0. The quantitative estimate of drug-likeness (QED) is 0.866. The second kappa shape index (κ2) is 5.62. The van der Waals surface area contributed by atoms with E-state index in [1.54, 1.807) is 0 Å². The van der Waals surface area contributed by atoms with Gasteiger partial charge in [0.25, 0.3) is 0 Å². The fraction of sp³-hybridized carbons (Fsp3) is 0.882. The van der Waals surface area contributed by atoms with E-state index >= 15 is 0 Å². The zero-order chi connectivity index (χ0) is 15.8. The molecular formula is C17H30N2O2. The van der Waals surface area contributed by atoms with Gasteiger partial charge in [-0.15, -0.1) is 0 Å². The number of hydrogen-bond acceptors (Lipinski definition) is 2. The molecule has 0 spiro atoms. The van der Waals surface area contributed by atoms with Gasteiger partial charge in [-0.3, -0.25) is 9.59 Å². The van der Waals surface area contributed by atoms with E-state index in [1.807, 2.05) is 25.7 Å². The van der Waals surface area contributed by atoms with Crippen LogP contribution < -0.4 is 5.32 Å². The molecule has 1 heterocycles. The summed E-state index contributed by atoms with van der Waals surface area (Å²) in [6.07, 6.45) is 5.30. The molecule has 4 nitrogen and oxygen atoms in total. The molecule has 1 aliphatic carbocycles. The standard InChI is InChI=1S/C17H30N2O2/c1-6-12-14(20)18-17(7-2,8-3)15(21)19(12)13-10-9-11-16(13,4)5/h12-13H,6-11H2,1-5H3,(H,18,20). The zero-order valence-electron chi connectivity index (χ0n) is 14.2. The van der Waals surface area contributed by atoms with Gasteiger partial charge in [0.1, 0.15) is 11.6 Å². The Morgan fingerprint density at radius 1 is 1.19 bits per heavy atom. The third-order valence-corrected chi connectivity index (χ3v) is 5.78. The molecule has 2 unspecified atom stereocenters. The molecule has 0 aromatic carbocycles. The predicted molar refractivity (Wildman–Crippen MR) is 83.8 cm³/mol. The Labute approximate surface area is 128 Å². The molecule has 1 saturated heterocycles. The maximum Gasteiger partial charge on any atom is 0.249 e. The van der Waals surface area contributed by atoms with E-state index in [9.17, 15) is 9.59 Å². The Kier molecular flexibility index (Phi) is 4.36. The lowest BCUT2D eigenvalue weighted by Crippen LogP contribution is -2.72. The summed E-state index contributed by atoms with van der Waals surface area (Å²) in [5.41, 5.74) is -0.588. The van der Waals surface area contributed by atoms with Crippen LogP contribution in [0.15, 0.2) is 0 Å². The van der Waals surface area contributed by atoms with Crippen molar-refractivity contribution in [2.45, 2.75) is 90.8 Å². The fourth-order valence-corrected chi connectivity index (χ4v) is 4.18. The first-order chi connectivity index (χ1) is 9.83. The molecule has 1 saturated carbocycles. The third-order valence-electron chi connectivity index (χ3n) is 5.78. The van der Waals surface area contributed by atoms with Gasteiger partial charge in [-0.2, -0.15) is 0 Å². The first-order valence-electron chi connectivity index (χ1n) is 8.47. The second-order valence-electron chi connectivity index (χ2n) is 7.31. The Hall–Kier alpha value is -1.06. The van der Waals surface area contributed by atoms with Crippen LogP contribution >= 0.6 is 0 Å². The Bertz CT molecular complexity index is 427. The SMILES string of the molecule is CCC1C(=O)NC(CC)(CC)C(=O)N1C1CCCC1(C)C. The summed E-state index contributed by atoms with van der Waals surface area (Å²) in [6.45, 7) is 10.4. The van der Waals surface area contributed by atoms with Crippen molar-refractivity contribution in [2.75, 3.05) is 0 Å². The maximum atomic E-state index is 13.2. The van der Waals surface area contributed by atoms with E-state index in [4.69, 9.17) is 0 Å². The lowest BCUT2D eigenvalue weighted by Gasteiger charge is -2.50. The van der Waals surface area contributed by atoms with Crippen molar-refractivity contribution in [1.82, 2.24) is 10.2 Å². The fourth-order valence-electron chi connectivity index (χ4n) is 4.18. The number of carbonyl (C=O) groups is 2. The maximum absolute atomic E-state index is 13.2. The van der Waals surface area contributed by atoms with Crippen LogP contribution in [0.1, 0.15) is 73.1 Å². The Morgan fingerprint density at radius 3 is 2.24 bits per heavy atom. The number of hydrogen-bond donors (Lipinski definition) is 1. The monoisotopic (exact) mass is 294 g/mol. The minimum Gasteiger partial charge on any atom is -0.340 e. The van der Waals surface area contributed by atoms with Gasteiger partial charge in [0.15, 0.2) is 0 Å².